The van der Waals surface area contributed by atoms with Gasteiger partial charge in [-0.05, 0) is 66.1 Å². The molecule has 2 atom stereocenters. The SMILES string of the molecule is C[C@@]1(c2ccc3c(c2)CCC3)NC(=O)N(CC(=O)N[C@@H](c2ccccc2)c2ccc(Cl)cc2)C1=O. The topological polar surface area (TPSA) is 78.5 Å². The van der Waals surface area contributed by atoms with E-state index in [1.54, 1.807) is 19.1 Å². The van der Waals surface area contributed by atoms with Gasteiger partial charge in [-0.15, -0.1) is 0 Å². The summed E-state index contributed by atoms with van der Waals surface area (Å²) in [5.74, 6) is -0.867. The maximum atomic E-state index is 13.4. The normalized spacial score (nSPS) is 19.9. The van der Waals surface area contributed by atoms with Crippen LogP contribution in [-0.4, -0.2) is 29.3 Å². The Morgan fingerprint density at radius 2 is 1.69 bits per heavy atom. The molecule has 0 unspecified atom stereocenters. The fourth-order valence-electron chi connectivity index (χ4n) is 4.93. The van der Waals surface area contributed by atoms with Crippen molar-refractivity contribution < 1.29 is 14.4 Å². The summed E-state index contributed by atoms with van der Waals surface area (Å²) < 4.78 is 0. The summed E-state index contributed by atoms with van der Waals surface area (Å²) in [6.45, 7) is 1.32. The molecule has 0 saturated carbocycles. The van der Waals surface area contributed by atoms with E-state index in [4.69, 9.17) is 11.6 Å². The van der Waals surface area contributed by atoms with Crippen LogP contribution >= 0.6 is 11.6 Å². The molecule has 0 aromatic heterocycles. The monoisotopic (exact) mass is 487 g/mol. The van der Waals surface area contributed by atoms with Gasteiger partial charge < -0.3 is 10.6 Å². The van der Waals surface area contributed by atoms with Crippen LogP contribution in [0.2, 0.25) is 5.02 Å². The van der Waals surface area contributed by atoms with Crippen LogP contribution in [0.1, 0.15) is 47.2 Å². The number of hydrogen-bond donors (Lipinski definition) is 2. The van der Waals surface area contributed by atoms with Crippen LogP contribution in [0.5, 0.6) is 0 Å². The Balaban J connectivity index is 1.35. The van der Waals surface area contributed by atoms with Crippen LogP contribution in [0.25, 0.3) is 0 Å². The van der Waals surface area contributed by atoms with Gasteiger partial charge in [-0.1, -0.05) is 72.3 Å². The number of aryl methyl sites for hydroxylation is 2. The molecule has 0 bridgehead atoms. The predicted molar refractivity (Wildman–Crippen MR) is 134 cm³/mol. The number of hydrogen-bond acceptors (Lipinski definition) is 3. The first-order valence-corrected chi connectivity index (χ1v) is 12.1. The summed E-state index contributed by atoms with van der Waals surface area (Å²) in [4.78, 5) is 40.3. The second kappa shape index (κ2) is 9.19. The Hall–Kier alpha value is -3.64. The molecule has 4 amide bonds. The zero-order valence-electron chi connectivity index (χ0n) is 19.4. The van der Waals surface area contributed by atoms with Crippen molar-refractivity contribution in [3.8, 4) is 0 Å². The number of carbonyl (C=O) groups is 3. The number of halogens is 1. The Morgan fingerprint density at radius 3 is 2.43 bits per heavy atom. The summed E-state index contributed by atoms with van der Waals surface area (Å²) in [5.41, 5.74) is 3.76. The zero-order valence-corrected chi connectivity index (χ0v) is 20.1. The summed E-state index contributed by atoms with van der Waals surface area (Å²) in [5, 5.41) is 6.39. The zero-order chi connectivity index (χ0) is 24.6. The lowest BCUT2D eigenvalue weighted by Gasteiger charge is -2.24. The molecule has 1 saturated heterocycles. The average molecular weight is 488 g/mol. The largest absolute Gasteiger partial charge is 0.344 e. The van der Waals surface area contributed by atoms with Gasteiger partial charge in [0.15, 0.2) is 0 Å². The van der Waals surface area contributed by atoms with Gasteiger partial charge in [-0.2, -0.15) is 0 Å². The Bertz CT molecular complexity index is 1290. The molecule has 1 aliphatic carbocycles. The van der Waals surface area contributed by atoms with Crippen molar-refractivity contribution in [1.29, 1.82) is 0 Å². The number of nitrogens with zero attached hydrogens (tertiary/aromatic N) is 1. The molecule has 3 aromatic rings. The minimum Gasteiger partial charge on any atom is -0.344 e. The first-order chi connectivity index (χ1) is 16.8. The Morgan fingerprint density at radius 1 is 1.00 bits per heavy atom. The molecule has 7 heteroatoms. The predicted octanol–water partition coefficient (Wildman–Crippen LogP) is 4.50. The van der Waals surface area contributed by atoms with Gasteiger partial charge >= 0.3 is 6.03 Å². The Kier molecular flexibility index (Phi) is 6.07. The highest BCUT2D eigenvalue weighted by Gasteiger charge is 2.49. The molecule has 1 heterocycles. The third-order valence-corrected chi connectivity index (χ3v) is 7.15. The van der Waals surface area contributed by atoms with E-state index < -0.39 is 29.4 Å². The van der Waals surface area contributed by atoms with E-state index in [0.717, 1.165) is 40.9 Å². The molecule has 0 radical (unpaired) electrons. The van der Waals surface area contributed by atoms with Gasteiger partial charge in [0.25, 0.3) is 5.91 Å². The lowest BCUT2D eigenvalue weighted by molar-refractivity contribution is -0.135. The lowest BCUT2D eigenvalue weighted by atomic mass is 9.89. The molecule has 178 valence electrons. The van der Waals surface area contributed by atoms with Gasteiger partial charge in [0, 0.05) is 5.02 Å². The number of amides is 4. The van der Waals surface area contributed by atoms with Gasteiger partial charge in [-0.25, -0.2) is 4.79 Å². The first kappa shape index (κ1) is 23.1. The minimum atomic E-state index is -1.20. The van der Waals surface area contributed by atoms with Crippen LogP contribution in [0.3, 0.4) is 0 Å². The number of rotatable bonds is 6. The van der Waals surface area contributed by atoms with Crippen LogP contribution in [0, 0.1) is 0 Å². The number of urea groups is 1. The smallest absolute Gasteiger partial charge is 0.325 e. The highest BCUT2D eigenvalue weighted by Crippen LogP contribution is 2.32. The number of imide groups is 1. The fourth-order valence-corrected chi connectivity index (χ4v) is 5.06. The maximum Gasteiger partial charge on any atom is 0.325 e. The number of carbonyl (C=O) groups excluding carboxylic acids is 3. The molecular formula is C28H26ClN3O3. The minimum absolute atomic E-state index is 0.373. The van der Waals surface area contributed by atoms with Crippen molar-refractivity contribution >= 4 is 29.4 Å². The summed E-state index contributed by atoms with van der Waals surface area (Å²) in [6, 6.07) is 21.7. The van der Waals surface area contributed by atoms with Gasteiger partial charge in [0.05, 0.1) is 6.04 Å². The van der Waals surface area contributed by atoms with Crippen molar-refractivity contribution in [3.63, 3.8) is 0 Å². The lowest BCUT2D eigenvalue weighted by Crippen LogP contribution is -2.44. The van der Waals surface area contributed by atoms with Gasteiger partial charge in [0.2, 0.25) is 5.91 Å². The molecule has 2 aliphatic rings. The summed E-state index contributed by atoms with van der Waals surface area (Å²) in [7, 11) is 0. The number of nitrogens with one attached hydrogen (secondary N) is 2. The van der Waals surface area contributed by atoms with Crippen LogP contribution in [0.15, 0.2) is 72.8 Å². The van der Waals surface area contributed by atoms with Gasteiger partial charge in [-0.3, -0.25) is 14.5 Å². The number of fused-ring (bicyclic) bond motifs is 1. The molecule has 2 N–H and O–H groups in total. The fraction of sp³-hybridized carbons (Fsp3) is 0.250. The van der Waals surface area contributed by atoms with Crippen molar-refractivity contribution in [2.75, 3.05) is 6.54 Å². The molecule has 1 fully saturated rings. The third-order valence-electron chi connectivity index (χ3n) is 6.89. The van der Waals surface area contributed by atoms with Crippen LogP contribution in [-0.2, 0) is 28.0 Å². The van der Waals surface area contributed by atoms with Crippen LogP contribution in [0.4, 0.5) is 4.79 Å². The summed E-state index contributed by atoms with van der Waals surface area (Å²) >= 11 is 6.05. The standard InChI is InChI=1S/C28H26ClN3O3/c1-28(22-13-10-18-8-5-9-21(18)16-22)26(34)32(27(35)31-28)17-24(33)30-25(19-6-3-2-4-7-19)20-11-14-23(29)15-12-20/h2-4,6-7,10-16,25H,5,8-9,17H2,1H3,(H,30,33)(H,31,35)/t25-,28-/m0/s1. The summed E-state index contributed by atoms with van der Waals surface area (Å²) in [6.07, 6.45) is 3.10. The molecular weight excluding hydrogens is 462 g/mol. The van der Waals surface area contributed by atoms with E-state index in [9.17, 15) is 14.4 Å². The molecule has 35 heavy (non-hydrogen) atoms. The van der Waals surface area contributed by atoms with Gasteiger partial charge in [0.1, 0.15) is 12.1 Å². The van der Waals surface area contributed by atoms with E-state index in [1.807, 2.05) is 60.7 Å². The molecule has 5 rings (SSSR count). The van der Waals surface area contributed by atoms with E-state index in [1.165, 1.54) is 11.1 Å². The molecule has 0 spiro atoms. The maximum absolute atomic E-state index is 13.4. The third kappa shape index (κ3) is 4.42. The van der Waals surface area contributed by atoms with Crippen molar-refractivity contribution in [1.82, 2.24) is 15.5 Å². The van der Waals surface area contributed by atoms with E-state index in [-0.39, 0.29) is 6.54 Å². The first-order valence-electron chi connectivity index (χ1n) is 11.7. The number of benzene rings is 3. The van der Waals surface area contributed by atoms with Crippen molar-refractivity contribution in [2.45, 2.75) is 37.8 Å². The molecule has 3 aromatic carbocycles. The highest BCUT2D eigenvalue weighted by atomic mass is 35.5. The highest BCUT2D eigenvalue weighted by molar-refractivity contribution is 6.30. The van der Waals surface area contributed by atoms with Crippen molar-refractivity contribution in [3.05, 3.63) is 106 Å². The molecule has 1 aliphatic heterocycles. The van der Waals surface area contributed by atoms with E-state index in [2.05, 4.69) is 10.6 Å². The van der Waals surface area contributed by atoms with E-state index >= 15 is 0 Å². The second-order valence-electron chi connectivity index (χ2n) is 9.25. The average Bonchev–Trinajstić information content (AvgIpc) is 3.42. The van der Waals surface area contributed by atoms with Crippen LogP contribution < -0.4 is 10.6 Å². The second-order valence-corrected chi connectivity index (χ2v) is 9.68. The van der Waals surface area contributed by atoms with Crippen molar-refractivity contribution in [2.24, 2.45) is 0 Å². The van der Waals surface area contributed by atoms with E-state index in [0.29, 0.717) is 5.02 Å². The Labute approximate surface area is 209 Å². The quantitative estimate of drug-likeness (QED) is 0.502. The molecule has 6 nitrogen and oxygen atoms in total.